The van der Waals surface area contributed by atoms with E-state index in [4.69, 9.17) is 4.74 Å². The Morgan fingerprint density at radius 2 is 1.89 bits per heavy atom. The topological polar surface area (TPSA) is 114 Å². The van der Waals surface area contributed by atoms with Gasteiger partial charge < -0.3 is 24.6 Å². The number of nitrogens with zero attached hydrogens (tertiary/aromatic N) is 3. The van der Waals surface area contributed by atoms with Crippen molar-refractivity contribution in [2.45, 2.75) is 77.6 Å². The highest BCUT2D eigenvalue weighted by molar-refractivity contribution is 5.98. The van der Waals surface area contributed by atoms with Gasteiger partial charge in [0.1, 0.15) is 29.3 Å². The molecule has 0 unspecified atom stereocenters. The second-order valence-corrected chi connectivity index (χ2v) is 12.0. The number of aliphatic carboxylic acids is 1. The molecule has 2 aliphatic rings. The number of carboxylic acids is 1. The molecule has 0 spiro atoms. The number of hydrogen-bond donors (Lipinski definition) is 2. The molecule has 0 saturated carbocycles. The lowest BCUT2D eigenvalue weighted by Crippen LogP contribution is -2.49. The molecule has 1 saturated heterocycles. The molecule has 46 heavy (non-hydrogen) atoms. The maximum absolute atomic E-state index is 15.4. The fraction of sp³-hybridized carbons (Fsp3) is 0.455. The van der Waals surface area contributed by atoms with Crippen LogP contribution in [0.2, 0.25) is 0 Å². The van der Waals surface area contributed by atoms with Crippen LogP contribution in [0.4, 0.5) is 23.2 Å². The number of carboxylic acid groups (broad SMARTS) is 1. The van der Waals surface area contributed by atoms with Crippen molar-refractivity contribution in [3.8, 4) is 17.0 Å². The second-order valence-electron chi connectivity index (χ2n) is 12.0. The number of piperidine rings is 1. The van der Waals surface area contributed by atoms with Gasteiger partial charge in [-0.25, -0.2) is 14.2 Å². The van der Waals surface area contributed by atoms with Gasteiger partial charge in [0, 0.05) is 37.0 Å². The minimum atomic E-state index is -4.50. The van der Waals surface area contributed by atoms with Gasteiger partial charge in [-0.05, 0) is 87.8 Å². The van der Waals surface area contributed by atoms with Crippen LogP contribution in [-0.2, 0) is 24.7 Å². The average Bonchev–Trinajstić information content (AvgIpc) is 3.01. The lowest BCUT2D eigenvalue weighted by molar-refractivity contribution is -0.152. The van der Waals surface area contributed by atoms with Crippen LogP contribution in [0, 0.1) is 26.6 Å². The van der Waals surface area contributed by atoms with Gasteiger partial charge in [-0.2, -0.15) is 13.2 Å². The number of hydrogen-bond acceptors (Lipinski definition) is 6. The third-order valence-corrected chi connectivity index (χ3v) is 8.98. The Labute approximate surface area is 263 Å². The maximum atomic E-state index is 15.4. The predicted octanol–water partition coefficient (Wildman–Crippen LogP) is 5.18. The van der Waals surface area contributed by atoms with Gasteiger partial charge >= 0.3 is 12.1 Å². The first-order chi connectivity index (χ1) is 21.7. The van der Waals surface area contributed by atoms with Gasteiger partial charge in [-0.3, -0.25) is 9.59 Å². The van der Waals surface area contributed by atoms with Crippen molar-refractivity contribution in [3.05, 3.63) is 74.1 Å². The van der Waals surface area contributed by atoms with Crippen LogP contribution in [0.25, 0.3) is 11.3 Å². The Balaban J connectivity index is 1.43. The van der Waals surface area contributed by atoms with Crippen molar-refractivity contribution in [1.82, 2.24) is 14.9 Å². The number of halogens is 4. The Hall–Kier alpha value is -4.42. The van der Waals surface area contributed by atoms with Gasteiger partial charge in [0.2, 0.25) is 0 Å². The molecule has 0 bridgehead atoms. The summed E-state index contributed by atoms with van der Waals surface area (Å²) in [7, 11) is 1.66. The molecular formula is C33H36F4N4O5. The molecule has 2 atom stereocenters. The Kier molecular flexibility index (Phi) is 9.14. The number of alkyl halides is 3. The van der Waals surface area contributed by atoms with Gasteiger partial charge in [0.25, 0.3) is 11.5 Å². The van der Waals surface area contributed by atoms with E-state index in [1.807, 2.05) is 0 Å². The number of aryl methyl sites for hydroxylation is 2. The monoisotopic (exact) mass is 644 g/mol. The molecule has 1 aromatic heterocycles. The highest BCUT2D eigenvalue weighted by Crippen LogP contribution is 2.38. The smallest absolute Gasteiger partial charge is 0.408 e. The number of benzene rings is 2. The average molecular weight is 645 g/mol. The minimum Gasteiger partial charge on any atom is -0.493 e. The van der Waals surface area contributed by atoms with Gasteiger partial charge in [0.05, 0.1) is 17.9 Å². The zero-order chi connectivity index (χ0) is 33.5. The Bertz CT molecular complexity index is 1730. The highest BCUT2D eigenvalue weighted by atomic mass is 19.4. The maximum Gasteiger partial charge on any atom is 0.408 e. The Morgan fingerprint density at radius 1 is 1.15 bits per heavy atom. The molecule has 1 amide bonds. The van der Waals surface area contributed by atoms with Crippen LogP contribution < -0.4 is 20.5 Å². The normalized spacial score (nSPS) is 17.2. The molecule has 0 radical (unpaired) electrons. The first-order valence-corrected chi connectivity index (χ1v) is 15.2. The molecule has 3 aromatic rings. The summed E-state index contributed by atoms with van der Waals surface area (Å²) < 4.78 is 63.9. The molecular weight excluding hydrogens is 608 g/mol. The summed E-state index contributed by atoms with van der Waals surface area (Å²) in [6.07, 6.45) is -2.67. The Morgan fingerprint density at radius 3 is 2.57 bits per heavy atom. The van der Waals surface area contributed by atoms with Crippen molar-refractivity contribution in [1.29, 1.82) is 0 Å². The van der Waals surface area contributed by atoms with E-state index >= 15 is 4.39 Å². The zero-order valence-electron chi connectivity index (χ0n) is 26.1. The number of aromatic nitrogens is 2. The quantitative estimate of drug-likeness (QED) is 0.341. The SMILES string of the molecule is Cc1cc(N2CCCC[C@@H]2C(F)(F)F)cc(F)c1C(=O)N[C@@H](Cc1ccc(-c2nc(C)c(C)n(C)c2=O)c2c1CCCO2)C(=O)O. The van der Waals surface area contributed by atoms with Crippen LogP contribution in [0.3, 0.4) is 0 Å². The summed E-state index contributed by atoms with van der Waals surface area (Å²) in [4.78, 5) is 44.3. The second kappa shape index (κ2) is 12.8. The molecule has 5 rings (SSSR count). The zero-order valence-corrected chi connectivity index (χ0v) is 26.1. The number of fused-ring (bicyclic) bond motifs is 1. The molecule has 2 N–H and O–H groups in total. The first-order valence-electron chi connectivity index (χ1n) is 15.2. The molecule has 13 heteroatoms. The molecule has 246 valence electrons. The first kappa shape index (κ1) is 33.0. The van der Waals surface area contributed by atoms with Crippen molar-refractivity contribution < 1.29 is 37.0 Å². The highest BCUT2D eigenvalue weighted by Gasteiger charge is 2.45. The van der Waals surface area contributed by atoms with Crippen LogP contribution >= 0.6 is 0 Å². The van der Waals surface area contributed by atoms with Crippen LogP contribution in [0.15, 0.2) is 29.1 Å². The van der Waals surface area contributed by atoms with E-state index in [2.05, 4.69) is 10.3 Å². The summed E-state index contributed by atoms with van der Waals surface area (Å²) in [5, 5.41) is 12.4. The largest absolute Gasteiger partial charge is 0.493 e. The van der Waals surface area contributed by atoms with E-state index in [0.717, 1.165) is 16.7 Å². The fourth-order valence-corrected chi connectivity index (χ4v) is 6.34. The molecule has 2 aromatic carbocycles. The molecule has 2 aliphatic heterocycles. The third-order valence-electron chi connectivity index (χ3n) is 8.98. The number of anilines is 1. The lowest BCUT2D eigenvalue weighted by Gasteiger charge is -2.38. The van der Waals surface area contributed by atoms with Crippen molar-refractivity contribution in [2.75, 3.05) is 18.1 Å². The number of rotatable bonds is 7. The van der Waals surface area contributed by atoms with Crippen molar-refractivity contribution >= 4 is 17.6 Å². The number of carbonyl (C=O) groups is 2. The third kappa shape index (κ3) is 6.32. The van der Waals surface area contributed by atoms with Crippen LogP contribution in [0.5, 0.6) is 5.75 Å². The van der Waals surface area contributed by atoms with Crippen molar-refractivity contribution in [3.63, 3.8) is 0 Å². The standard InChI is InChI=1S/C33H36F4N4O5/c1-17-14-21(41-12-6-5-9-26(41)33(35,36)37)16-24(34)27(17)30(42)39-25(32(44)45)15-20-10-11-23(29-22(20)8-7-13-46-29)28-31(43)40(4)19(3)18(2)38-28/h10-11,14,16,25-26H,5-9,12-13,15H2,1-4H3,(H,39,42)(H,44,45)/t25-,26+/m0/s1. The number of amides is 1. The van der Waals surface area contributed by atoms with E-state index in [9.17, 15) is 32.7 Å². The summed E-state index contributed by atoms with van der Waals surface area (Å²) in [5.74, 6) is -2.96. The van der Waals surface area contributed by atoms with Gasteiger partial charge in [0.15, 0.2) is 0 Å². The minimum absolute atomic E-state index is 0.0168. The molecule has 3 heterocycles. The molecule has 9 nitrogen and oxygen atoms in total. The summed E-state index contributed by atoms with van der Waals surface area (Å²) in [6, 6.07) is 2.33. The molecule has 1 fully saturated rings. The predicted molar refractivity (Wildman–Crippen MR) is 163 cm³/mol. The lowest BCUT2D eigenvalue weighted by atomic mass is 9.91. The van der Waals surface area contributed by atoms with E-state index in [-0.39, 0.29) is 41.9 Å². The van der Waals surface area contributed by atoms with E-state index in [1.165, 1.54) is 17.6 Å². The summed E-state index contributed by atoms with van der Waals surface area (Å²) >= 11 is 0. The van der Waals surface area contributed by atoms with Gasteiger partial charge in [-0.1, -0.05) is 6.07 Å². The molecule has 0 aliphatic carbocycles. The van der Waals surface area contributed by atoms with Crippen molar-refractivity contribution in [2.24, 2.45) is 7.05 Å². The summed E-state index contributed by atoms with van der Waals surface area (Å²) in [6.45, 7) is 5.48. The van der Waals surface area contributed by atoms with E-state index in [1.54, 1.807) is 33.0 Å². The van der Waals surface area contributed by atoms with Crippen LogP contribution in [-0.4, -0.2) is 57.9 Å². The van der Waals surface area contributed by atoms with E-state index < -0.39 is 41.5 Å². The number of carbonyl (C=O) groups excluding carboxylic acids is 1. The summed E-state index contributed by atoms with van der Waals surface area (Å²) in [5.41, 5.74) is 2.71. The number of nitrogens with one attached hydrogen (secondary N) is 1. The number of ether oxygens (including phenoxy) is 1. The fourth-order valence-electron chi connectivity index (χ4n) is 6.34. The van der Waals surface area contributed by atoms with E-state index in [0.29, 0.717) is 60.4 Å². The van der Waals surface area contributed by atoms with Crippen LogP contribution in [0.1, 0.15) is 64.1 Å². The van der Waals surface area contributed by atoms with Gasteiger partial charge in [-0.15, -0.1) is 0 Å².